The van der Waals surface area contributed by atoms with Gasteiger partial charge in [-0.15, -0.1) is 11.8 Å². The third-order valence-electron chi connectivity index (χ3n) is 6.81. The number of carbonyl (C=O) groups is 1. The molecule has 0 spiro atoms. The van der Waals surface area contributed by atoms with Crippen molar-refractivity contribution in [2.24, 2.45) is 5.73 Å². The number of aromatic nitrogens is 3. The molecule has 1 amide bonds. The molecule has 1 fully saturated rings. The Kier molecular flexibility index (Phi) is 7.99. The van der Waals surface area contributed by atoms with Crippen molar-refractivity contribution in [2.45, 2.75) is 17.4 Å². The quantitative estimate of drug-likeness (QED) is 0.326. The number of primary amides is 1. The third kappa shape index (κ3) is 6.46. The number of thioether (sulfide) groups is 1. The first-order chi connectivity index (χ1) is 18.0. The van der Waals surface area contributed by atoms with Crippen LogP contribution in [0.15, 0.2) is 71.8 Å². The van der Waals surface area contributed by atoms with Crippen LogP contribution in [0.5, 0.6) is 0 Å². The molecule has 3 N–H and O–H groups in total. The van der Waals surface area contributed by atoms with Gasteiger partial charge in [-0.1, -0.05) is 30.3 Å². The van der Waals surface area contributed by atoms with Gasteiger partial charge in [0.1, 0.15) is 0 Å². The Morgan fingerprint density at radius 1 is 1.08 bits per heavy atom. The summed E-state index contributed by atoms with van der Waals surface area (Å²) in [5.74, 6) is -0.0694. The lowest BCUT2D eigenvalue weighted by molar-refractivity contribution is -0.118. The van der Waals surface area contributed by atoms with Crippen LogP contribution in [0.3, 0.4) is 0 Å². The number of nitrogens with two attached hydrogens (primary N) is 1. The fourth-order valence-corrected chi connectivity index (χ4v) is 5.60. The SMILES string of the molecule is CN1CCN(Cc2ccc(C(CSc3ccc4c(C=Cc5ccccn5)n[nH]c4c3)C(N)=O)cc2)CC1. The molecule has 3 heterocycles. The number of H-pyrrole nitrogens is 1. The van der Waals surface area contributed by atoms with E-state index in [1.807, 2.05) is 30.4 Å². The molecule has 8 heteroatoms. The van der Waals surface area contributed by atoms with Crippen LogP contribution in [0.1, 0.15) is 28.4 Å². The van der Waals surface area contributed by atoms with E-state index < -0.39 is 0 Å². The van der Waals surface area contributed by atoms with E-state index >= 15 is 0 Å². The lowest BCUT2D eigenvalue weighted by atomic mass is 9.99. The van der Waals surface area contributed by atoms with Crippen LogP contribution in [0.4, 0.5) is 0 Å². The first-order valence-corrected chi connectivity index (χ1v) is 13.5. The highest BCUT2D eigenvalue weighted by atomic mass is 32.2. The zero-order valence-corrected chi connectivity index (χ0v) is 21.8. The highest BCUT2D eigenvalue weighted by Crippen LogP contribution is 2.30. The van der Waals surface area contributed by atoms with Gasteiger partial charge in [0.05, 0.1) is 22.8 Å². The predicted octanol–water partition coefficient (Wildman–Crippen LogP) is 4.24. The summed E-state index contributed by atoms with van der Waals surface area (Å²) >= 11 is 1.63. The van der Waals surface area contributed by atoms with Gasteiger partial charge in [-0.2, -0.15) is 5.10 Å². The second kappa shape index (κ2) is 11.7. The lowest BCUT2D eigenvalue weighted by Crippen LogP contribution is -2.43. The van der Waals surface area contributed by atoms with Crippen LogP contribution >= 0.6 is 11.8 Å². The van der Waals surface area contributed by atoms with Gasteiger partial charge in [0, 0.05) is 55.0 Å². The Labute approximate surface area is 221 Å². The largest absolute Gasteiger partial charge is 0.369 e. The first-order valence-electron chi connectivity index (χ1n) is 12.5. The number of nitrogens with one attached hydrogen (secondary N) is 1. The van der Waals surface area contributed by atoms with E-state index in [0.717, 1.165) is 65.5 Å². The van der Waals surface area contributed by atoms with Crippen molar-refractivity contribution >= 4 is 40.7 Å². The van der Waals surface area contributed by atoms with E-state index in [0.29, 0.717) is 5.75 Å². The molecule has 2 aromatic heterocycles. The van der Waals surface area contributed by atoms with E-state index in [1.54, 1.807) is 18.0 Å². The second-order valence-electron chi connectivity index (χ2n) is 9.49. The van der Waals surface area contributed by atoms with Crippen LogP contribution in [0.2, 0.25) is 0 Å². The maximum absolute atomic E-state index is 12.3. The van der Waals surface area contributed by atoms with Crippen molar-refractivity contribution in [1.29, 1.82) is 0 Å². The Balaban J connectivity index is 1.22. The number of benzene rings is 2. The fourth-order valence-electron chi connectivity index (χ4n) is 4.52. The summed E-state index contributed by atoms with van der Waals surface area (Å²) in [6.45, 7) is 5.31. The fraction of sp³-hybridized carbons (Fsp3) is 0.276. The molecule has 1 atom stereocenters. The summed E-state index contributed by atoms with van der Waals surface area (Å²) in [6.07, 6.45) is 5.69. The number of aromatic amines is 1. The Hall–Kier alpha value is -3.46. The summed E-state index contributed by atoms with van der Waals surface area (Å²) in [6, 6.07) is 20.4. The molecule has 0 radical (unpaired) electrons. The summed E-state index contributed by atoms with van der Waals surface area (Å²) in [5, 5.41) is 8.60. The van der Waals surface area contributed by atoms with Crippen LogP contribution in [-0.2, 0) is 11.3 Å². The van der Waals surface area contributed by atoms with Crippen molar-refractivity contribution in [3.63, 3.8) is 0 Å². The molecule has 1 aliphatic heterocycles. The van der Waals surface area contributed by atoms with Crippen molar-refractivity contribution in [2.75, 3.05) is 39.0 Å². The van der Waals surface area contributed by atoms with Crippen LogP contribution in [0, 0.1) is 0 Å². The second-order valence-corrected chi connectivity index (χ2v) is 10.6. The highest BCUT2D eigenvalue weighted by molar-refractivity contribution is 7.99. The Morgan fingerprint density at radius 3 is 2.62 bits per heavy atom. The monoisotopic (exact) mass is 512 g/mol. The number of fused-ring (bicyclic) bond motifs is 1. The summed E-state index contributed by atoms with van der Waals surface area (Å²) in [4.78, 5) is 22.5. The Morgan fingerprint density at radius 2 is 1.89 bits per heavy atom. The molecule has 37 heavy (non-hydrogen) atoms. The topological polar surface area (TPSA) is 91.1 Å². The van der Waals surface area contributed by atoms with E-state index in [9.17, 15) is 4.79 Å². The van der Waals surface area contributed by atoms with E-state index in [4.69, 9.17) is 5.73 Å². The smallest absolute Gasteiger partial charge is 0.225 e. The molecule has 190 valence electrons. The van der Waals surface area contributed by atoms with Gasteiger partial charge in [0.25, 0.3) is 0 Å². The number of nitrogens with zero attached hydrogens (tertiary/aromatic N) is 4. The van der Waals surface area contributed by atoms with Crippen molar-refractivity contribution < 1.29 is 4.79 Å². The summed E-state index contributed by atoms with van der Waals surface area (Å²) in [7, 11) is 2.17. The standard InChI is InChI=1S/C29H32N6OS/c1-34-14-16-35(17-15-34)19-21-5-7-22(8-6-21)26(29(30)36)20-37-24-10-11-25-27(32-33-28(25)18-24)12-9-23-4-2-3-13-31-23/h2-13,18,26H,14-17,19-20H2,1H3,(H2,30,36)(H,32,33). The summed E-state index contributed by atoms with van der Waals surface area (Å²) < 4.78 is 0. The average Bonchev–Trinajstić information content (AvgIpc) is 3.32. The molecule has 5 rings (SSSR count). The van der Waals surface area contributed by atoms with Crippen LogP contribution in [0.25, 0.3) is 23.1 Å². The zero-order chi connectivity index (χ0) is 25.6. The van der Waals surface area contributed by atoms with E-state index in [1.165, 1.54) is 5.56 Å². The van der Waals surface area contributed by atoms with Gasteiger partial charge in [-0.25, -0.2) is 0 Å². The molecule has 0 bridgehead atoms. The molecule has 0 aliphatic carbocycles. The number of piperazine rings is 1. The molecule has 1 saturated heterocycles. The maximum Gasteiger partial charge on any atom is 0.225 e. The van der Waals surface area contributed by atoms with Gasteiger partial charge < -0.3 is 10.6 Å². The molecule has 7 nitrogen and oxygen atoms in total. The van der Waals surface area contributed by atoms with Gasteiger partial charge in [0.2, 0.25) is 5.91 Å². The number of amides is 1. The van der Waals surface area contributed by atoms with Crippen molar-refractivity contribution in [1.82, 2.24) is 25.0 Å². The molecule has 0 saturated carbocycles. The minimum atomic E-state index is -0.350. The van der Waals surface area contributed by atoms with E-state index in [2.05, 4.69) is 74.5 Å². The average molecular weight is 513 g/mol. The van der Waals surface area contributed by atoms with Gasteiger partial charge >= 0.3 is 0 Å². The minimum absolute atomic E-state index is 0.302. The van der Waals surface area contributed by atoms with Crippen LogP contribution in [-0.4, -0.2) is 69.9 Å². The molecule has 4 aromatic rings. The number of carbonyl (C=O) groups excluding carboxylic acids is 1. The molecule has 2 aromatic carbocycles. The third-order valence-corrected chi connectivity index (χ3v) is 7.90. The minimum Gasteiger partial charge on any atom is -0.369 e. The molecule has 1 unspecified atom stereocenters. The molecular formula is C29H32N6OS. The Bertz CT molecular complexity index is 1360. The van der Waals surface area contributed by atoms with Crippen molar-refractivity contribution in [3.8, 4) is 0 Å². The maximum atomic E-state index is 12.3. The molecule has 1 aliphatic rings. The van der Waals surface area contributed by atoms with E-state index in [-0.39, 0.29) is 11.8 Å². The normalized spacial score (nSPS) is 15.9. The number of likely N-dealkylation sites (N-methyl/N-ethyl adjacent to an activating group) is 1. The van der Waals surface area contributed by atoms with Crippen molar-refractivity contribution in [3.05, 3.63) is 89.4 Å². The lowest BCUT2D eigenvalue weighted by Gasteiger charge is -2.32. The summed E-state index contributed by atoms with van der Waals surface area (Å²) in [5.41, 5.74) is 10.7. The predicted molar refractivity (Wildman–Crippen MR) is 151 cm³/mol. The van der Waals surface area contributed by atoms with Gasteiger partial charge in [-0.3, -0.25) is 19.8 Å². The number of pyridine rings is 1. The van der Waals surface area contributed by atoms with Gasteiger partial charge in [-0.05, 0) is 60.7 Å². The number of hydrogen-bond acceptors (Lipinski definition) is 6. The number of rotatable bonds is 9. The zero-order valence-electron chi connectivity index (χ0n) is 21.0. The van der Waals surface area contributed by atoms with Gasteiger partial charge in [0.15, 0.2) is 0 Å². The first kappa shape index (κ1) is 25.2. The molecular weight excluding hydrogens is 480 g/mol. The van der Waals surface area contributed by atoms with Crippen LogP contribution < -0.4 is 5.73 Å². The number of hydrogen-bond donors (Lipinski definition) is 2. The highest BCUT2D eigenvalue weighted by Gasteiger charge is 2.19.